The number of nitrogens with zero attached hydrogens (tertiary/aromatic N) is 3. The molecular formula is C16H19N3OS2. The highest BCUT2D eigenvalue weighted by atomic mass is 32.1. The molecule has 3 rings (SSSR count). The largest absolute Gasteiger partial charge is 0.339 e. The fraction of sp³-hybridized carbons (Fsp3) is 0.375. The average molecular weight is 333 g/mol. The van der Waals surface area contributed by atoms with Gasteiger partial charge in [0, 0.05) is 23.0 Å². The molecule has 0 saturated heterocycles. The van der Waals surface area contributed by atoms with Crippen molar-refractivity contribution >= 4 is 33.5 Å². The van der Waals surface area contributed by atoms with Crippen molar-refractivity contribution in [1.82, 2.24) is 14.3 Å². The number of thiazole rings is 1. The number of imidazole rings is 1. The number of hydrogen-bond donors (Lipinski definition) is 0. The van der Waals surface area contributed by atoms with E-state index < -0.39 is 0 Å². The first-order valence-corrected chi connectivity index (χ1v) is 8.89. The Morgan fingerprint density at radius 2 is 2.23 bits per heavy atom. The van der Waals surface area contributed by atoms with Crippen LogP contribution in [-0.2, 0) is 11.3 Å². The van der Waals surface area contributed by atoms with Crippen LogP contribution in [0.4, 0.5) is 0 Å². The minimum atomic E-state index is -0.0991. The highest BCUT2D eigenvalue weighted by Gasteiger charge is 2.22. The second kappa shape index (κ2) is 5.85. The molecule has 0 fully saturated rings. The van der Waals surface area contributed by atoms with Crippen LogP contribution in [0.15, 0.2) is 23.7 Å². The molecule has 0 bridgehead atoms. The topological polar surface area (TPSA) is 37.6 Å². The number of carbonyl (C=O) groups is 1. The highest BCUT2D eigenvalue weighted by molar-refractivity contribution is 7.17. The van der Waals surface area contributed by atoms with Gasteiger partial charge in [0.15, 0.2) is 4.96 Å². The molecule has 4 nitrogen and oxygen atoms in total. The van der Waals surface area contributed by atoms with E-state index in [1.54, 1.807) is 27.6 Å². The van der Waals surface area contributed by atoms with Gasteiger partial charge in [-0.2, -0.15) is 0 Å². The Hall–Kier alpha value is -1.66. The number of aryl methyl sites for hydroxylation is 2. The zero-order valence-electron chi connectivity index (χ0n) is 13.2. The van der Waals surface area contributed by atoms with Crippen LogP contribution in [0.5, 0.6) is 0 Å². The Morgan fingerprint density at radius 3 is 2.91 bits per heavy atom. The third-order valence-electron chi connectivity index (χ3n) is 3.84. The van der Waals surface area contributed by atoms with Gasteiger partial charge in [-0.25, -0.2) is 4.98 Å². The number of rotatable bonds is 4. The van der Waals surface area contributed by atoms with E-state index in [0.717, 1.165) is 21.2 Å². The van der Waals surface area contributed by atoms with E-state index in [-0.39, 0.29) is 11.8 Å². The molecule has 0 saturated carbocycles. The molecule has 3 aromatic rings. The number of amides is 1. The Balaban J connectivity index is 1.82. The summed E-state index contributed by atoms with van der Waals surface area (Å²) >= 11 is 3.31. The summed E-state index contributed by atoms with van der Waals surface area (Å²) in [5.74, 6) is 0.0432. The van der Waals surface area contributed by atoms with Gasteiger partial charge in [-0.3, -0.25) is 9.20 Å². The lowest BCUT2D eigenvalue weighted by Crippen LogP contribution is -2.30. The van der Waals surface area contributed by atoms with Gasteiger partial charge in [0.1, 0.15) is 0 Å². The maximum absolute atomic E-state index is 12.6. The summed E-state index contributed by atoms with van der Waals surface area (Å²) in [5, 5.41) is 2.01. The standard InChI is InChI=1S/C16H19N3OS2/c1-10-8-19-13(12(3)17-16(19)22-10)9-18(4)15(20)11(2)14-6-5-7-21-14/h5-8,11H,9H2,1-4H3/t11-/m0/s1. The molecule has 3 heterocycles. The summed E-state index contributed by atoms with van der Waals surface area (Å²) in [6, 6.07) is 4.01. The molecule has 3 aromatic heterocycles. The lowest BCUT2D eigenvalue weighted by atomic mass is 10.1. The third-order valence-corrected chi connectivity index (χ3v) is 5.80. The van der Waals surface area contributed by atoms with Gasteiger partial charge in [-0.05, 0) is 32.2 Å². The maximum atomic E-state index is 12.6. The summed E-state index contributed by atoms with van der Waals surface area (Å²) in [6.07, 6.45) is 2.09. The number of aromatic nitrogens is 2. The van der Waals surface area contributed by atoms with Crippen molar-refractivity contribution in [2.45, 2.75) is 33.2 Å². The zero-order valence-corrected chi connectivity index (χ0v) is 14.8. The van der Waals surface area contributed by atoms with Crippen molar-refractivity contribution < 1.29 is 4.79 Å². The number of hydrogen-bond acceptors (Lipinski definition) is 4. The van der Waals surface area contributed by atoms with E-state index in [0.29, 0.717) is 6.54 Å². The number of thiophene rings is 1. The van der Waals surface area contributed by atoms with E-state index in [1.165, 1.54) is 4.88 Å². The summed E-state index contributed by atoms with van der Waals surface area (Å²) in [4.78, 5) is 22.3. The normalized spacial score (nSPS) is 12.7. The van der Waals surface area contributed by atoms with Crippen molar-refractivity contribution in [1.29, 1.82) is 0 Å². The first-order valence-electron chi connectivity index (χ1n) is 7.19. The van der Waals surface area contributed by atoms with Crippen molar-refractivity contribution in [3.8, 4) is 0 Å². The van der Waals surface area contributed by atoms with Gasteiger partial charge in [0.2, 0.25) is 5.91 Å². The number of fused-ring (bicyclic) bond motifs is 1. The Labute approximate surface area is 138 Å². The van der Waals surface area contributed by atoms with Crippen LogP contribution < -0.4 is 0 Å². The molecule has 1 atom stereocenters. The molecule has 0 aliphatic heterocycles. The number of likely N-dealkylation sites (N-methyl/N-ethyl adjacent to an activating group) is 1. The van der Waals surface area contributed by atoms with E-state index in [1.807, 2.05) is 38.4 Å². The van der Waals surface area contributed by atoms with E-state index in [9.17, 15) is 4.79 Å². The lowest BCUT2D eigenvalue weighted by molar-refractivity contribution is -0.131. The van der Waals surface area contributed by atoms with Gasteiger partial charge >= 0.3 is 0 Å². The second-order valence-electron chi connectivity index (χ2n) is 5.57. The maximum Gasteiger partial charge on any atom is 0.230 e. The fourth-order valence-electron chi connectivity index (χ4n) is 2.59. The Morgan fingerprint density at radius 1 is 1.45 bits per heavy atom. The predicted molar refractivity (Wildman–Crippen MR) is 91.8 cm³/mol. The van der Waals surface area contributed by atoms with Gasteiger partial charge in [-0.1, -0.05) is 6.07 Å². The third kappa shape index (κ3) is 2.68. The van der Waals surface area contributed by atoms with Crippen LogP contribution >= 0.6 is 22.7 Å². The Kier molecular flexibility index (Phi) is 4.06. The van der Waals surface area contributed by atoms with Crippen LogP contribution in [0.25, 0.3) is 4.96 Å². The van der Waals surface area contributed by atoms with E-state index in [4.69, 9.17) is 0 Å². The molecule has 0 N–H and O–H groups in total. The van der Waals surface area contributed by atoms with E-state index in [2.05, 4.69) is 22.5 Å². The van der Waals surface area contributed by atoms with Gasteiger partial charge in [0.05, 0.1) is 23.9 Å². The molecule has 0 radical (unpaired) electrons. The SMILES string of the molecule is Cc1cn2c(CN(C)C(=O)[C@@H](C)c3cccs3)c(C)nc2s1. The van der Waals surface area contributed by atoms with Gasteiger partial charge < -0.3 is 4.90 Å². The smallest absolute Gasteiger partial charge is 0.230 e. The molecule has 0 aromatic carbocycles. The van der Waals surface area contributed by atoms with Crippen LogP contribution in [-0.4, -0.2) is 27.2 Å². The Bertz CT molecular complexity index is 801. The van der Waals surface area contributed by atoms with Gasteiger partial charge in [0.25, 0.3) is 0 Å². The lowest BCUT2D eigenvalue weighted by Gasteiger charge is -2.21. The molecule has 6 heteroatoms. The summed E-state index contributed by atoms with van der Waals surface area (Å²) in [5.41, 5.74) is 2.09. The van der Waals surface area contributed by atoms with E-state index >= 15 is 0 Å². The molecule has 0 aliphatic carbocycles. The summed E-state index contributed by atoms with van der Waals surface area (Å²) in [7, 11) is 1.87. The van der Waals surface area contributed by atoms with Crippen LogP contribution in [0.1, 0.15) is 34.0 Å². The monoisotopic (exact) mass is 333 g/mol. The molecule has 0 unspecified atom stereocenters. The minimum Gasteiger partial charge on any atom is -0.339 e. The predicted octanol–water partition coefficient (Wildman–Crippen LogP) is 3.84. The van der Waals surface area contributed by atoms with Crippen molar-refractivity contribution in [3.63, 3.8) is 0 Å². The van der Waals surface area contributed by atoms with Crippen LogP contribution in [0.3, 0.4) is 0 Å². The first-order chi connectivity index (χ1) is 10.5. The second-order valence-corrected chi connectivity index (χ2v) is 7.76. The molecule has 0 aliphatic rings. The quantitative estimate of drug-likeness (QED) is 0.727. The zero-order chi connectivity index (χ0) is 15.9. The molecule has 1 amide bonds. The average Bonchev–Trinajstić information content (AvgIpc) is 3.17. The summed E-state index contributed by atoms with van der Waals surface area (Å²) in [6.45, 7) is 6.63. The first kappa shape index (κ1) is 15.2. The van der Waals surface area contributed by atoms with Crippen molar-refractivity contribution in [2.75, 3.05) is 7.05 Å². The van der Waals surface area contributed by atoms with Crippen LogP contribution in [0.2, 0.25) is 0 Å². The van der Waals surface area contributed by atoms with Crippen molar-refractivity contribution in [2.24, 2.45) is 0 Å². The molecular weight excluding hydrogens is 314 g/mol. The van der Waals surface area contributed by atoms with Crippen molar-refractivity contribution in [3.05, 3.63) is 44.9 Å². The highest BCUT2D eigenvalue weighted by Crippen LogP contribution is 2.25. The molecule has 0 spiro atoms. The van der Waals surface area contributed by atoms with Crippen LogP contribution in [0, 0.1) is 13.8 Å². The molecule has 116 valence electrons. The summed E-state index contributed by atoms with van der Waals surface area (Å²) < 4.78 is 2.11. The molecule has 22 heavy (non-hydrogen) atoms. The number of carbonyl (C=O) groups excluding carboxylic acids is 1. The minimum absolute atomic E-state index is 0.0991. The van der Waals surface area contributed by atoms with Gasteiger partial charge in [-0.15, -0.1) is 22.7 Å². The fourth-order valence-corrected chi connectivity index (χ4v) is 4.26.